The van der Waals surface area contributed by atoms with E-state index in [-0.39, 0.29) is 17.4 Å². The van der Waals surface area contributed by atoms with E-state index >= 15 is 0 Å². The van der Waals surface area contributed by atoms with Gasteiger partial charge < -0.3 is 10.1 Å². The molecule has 1 aliphatic carbocycles. The summed E-state index contributed by atoms with van der Waals surface area (Å²) in [6, 6.07) is 10.5. The lowest BCUT2D eigenvalue weighted by atomic mass is 9.65. The van der Waals surface area contributed by atoms with Crippen LogP contribution in [0.15, 0.2) is 30.3 Å². The molecule has 1 saturated heterocycles. The Labute approximate surface area is 139 Å². The zero-order valence-electron chi connectivity index (χ0n) is 14.1. The fraction of sp³-hybridized carbons (Fsp3) is 0.632. The molecule has 1 atom stereocenters. The van der Waals surface area contributed by atoms with Gasteiger partial charge in [0.2, 0.25) is 5.91 Å². The highest BCUT2D eigenvalue weighted by Gasteiger charge is 2.38. The summed E-state index contributed by atoms with van der Waals surface area (Å²) in [6.07, 6.45) is 4.75. The first kappa shape index (κ1) is 16.5. The number of morpholine rings is 1. The summed E-state index contributed by atoms with van der Waals surface area (Å²) in [5, 5.41) is 3.22. The van der Waals surface area contributed by atoms with Crippen LogP contribution >= 0.6 is 0 Å². The molecule has 1 N–H and O–H groups in total. The lowest BCUT2D eigenvalue weighted by Gasteiger charge is -2.43. The highest BCUT2D eigenvalue weighted by Crippen LogP contribution is 2.43. The van der Waals surface area contributed by atoms with E-state index in [0.29, 0.717) is 6.61 Å². The Kier molecular flexibility index (Phi) is 5.34. The first-order chi connectivity index (χ1) is 11.2. The maximum absolute atomic E-state index is 12.6. The van der Waals surface area contributed by atoms with Gasteiger partial charge in [-0.1, -0.05) is 43.7 Å². The van der Waals surface area contributed by atoms with Crippen molar-refractivity contribution in [3.05, 3.63) is 35.9 Å². The Bertz CT molecular complexity index is 513. The third kappa shape index (κ3) is 3.93. The molecule has 4 nitrogen and oxygen atoms in total. The zero-order valence-corrected chi connectivity index (χ0v) is 14.1. The number of ether oxygens (including phenoxy) is 1. The van der Waals surface area contributed by atoms with Crippen molar-refractivity contribution in [3.63, 3.8) is 0 Å². The number of benzene rings is 1. The maximum Gasteiger partial charge on any atom is 0.239 e. The van der Waals surface area contributed by atoms with Gasteiger partial charge in [0.25, 0.3) is 0 Å². The molecule has 1 saturated carbocycles. The summed E-state index contributed by atoms with van der Waals surface area (Å²) in [5.74, 6) is 0.130. The summed E-state index contributed by atoms with van der Waals surface area (Å²) in [6.45, 7) is 5.89. The van der Waals surface area contributed by atoms with Gasteiger partial charge in [-0.15, -0.1) is 0 Å². The van der Waals surface area contributed by atoms with Crippen molar-refractivity contribution in [2.24, 2.45) is 5.41 Å². The molecule has 1 amide bonds. The number of likely N-dealkylation sites (N-methyl/N-ethyl adjacent to an activating group) is 1. The van der Waals surface area contributed by atoms with Crippen molar-refractivity contribution in [1.29, 1.82) is 0 Å². The quantitative estimate of drug-likeness (QED) is 0.875. The average molecular weight is 316 g/mol. The topological polar surface area (TPSA) is 41.6 Å². The predicted octanol–water partition coefficient (Wildman–Crippen LogP) is 2.24. The van der Waals surface area contributed by atoms with Crippen molar-refractivity contribution >= 4 is 5.91 Å². The van der Waals surface area contributed by atoms with E-state index in [0.717, 1.165) is 32.7 Å². The lowest BCUT2D eigenvalue weighted by Crippen LogP contribution is -2.55. The molecular formula is C19H28N2O2. The zero-order chi connectivity index (χ0) is 16.1. The van der Waals surface area contributed by atoms with Gasteiger partial charge >= 0.3 is 0 Å². The van der Waals surface area contributed by atoms with E-state index in [1.165, 1.54) is 24.8 Å². The van der Waals surface area contributed by atoms with E-state index in [4.69, 9.17) is 4.74 Å². The third-order valence-corrected chi connectivity index (χ3v) is 5.42. The van der Waals surface area contributed by atoms with E-state index in [2.05, 4.69) is 47.5 Å². The van der Waals surface area contributed by atoms with Crippen LogP contribution in [-0.2, 0) is 16.0 Å². The molecule has 1 aromatic rings. The molecule has 126 valence electrons. The Morgan fingerprint density at radius 3 is 2.78 bits per heavy atom. The SMILES string of the molecule is CCN1CCOCC1C(=O)NCC1(Cc2ccccc2)CCC1. The molecule has 2 aliphatic rings. The summed E-state index contributed by atoms with van der Waals surface area (Å²) in [7, 11) is 0. The summed E-state index contributed by atoms with van der Waals surface area (Å²) in [5.41, 5.74) is 1.63. The number of carbonyl (C=O) groups excluding carboxylic acids is 1. The molecule has 0 bridgehead atoms. The minimum atomic E-state index is -0.123. The van der Waals surface area contributed by atoms with Crippen LogP contribution in [0.1, 0.15) is 31.7 Å². The summed E-state index contributed by atoms with van der Waals surface area (Å²) in [4.78, 5) is 14.8. The molecule has 2 fully saturated rings. The summed E-state index contributed by atoms with van der Waals surface area (Å²) >= 11 is 0. The van der Waals surface area contributed by atoms with Crippen LogP contribution in [0, 0.1) is 5.41 Å². The van der Waals surface area contributed by atoms with Crippen molar-refractivity contribution in [3.8, 4) is 0 Å². The smallest absolute Gasteiger partial charge is 0.239 e. The summed E-state index contributed by atoms with van der Waals surface area (Å²) < 4.78 is 5.50. The molecule has 1 heterocycles. The number of amides is 1. The Morgan fingerprint density at radius 1 is 1.35 bits per heavy atom. The Balaban J connectivity index is 1.56. The van der Waals surface area contributed by atoms with Crippen LogP contribution in [0.25, 0.3) is 0 Å². The molecule has 1 aromatic carbocycles. The molecule has 23 heavy (non-hydrogen) atoms. The van der Waals surface area contributed by atoms with Crippen LogP contribution in [0.2, 0.25) is 0 Å². The largest absolute Gasteiger partial charge is 0.378 e. The Morgan fingerprint density at radius 2 is 2.13 bits per heavy atom. The highest BCUT2D eigenvalue weighted by atomic mass is 16.5. The van der Waals surface area contributed by atoms with Crippen molar-refractivity contribution in [2.75, 3.05) is 32.8 Å². The van der Waals surface area contributed by atoms with E-state index in [9.17, 15) is 4.79 Å². The normalized spacial score (nSPS) is 24.0. The van der Waals surface area contributed by atoms with Gasteiger partial charge in [-0.2, -0.15) is 0 Å². The molecule has 0 radical (unpaired) electrons. The number of hydrogen-bond acceptors (Lipinski definition) is 3. The lowest BCUT2D eigenvalue weighted by molar-refractivity contribution is -0.133. The fourth-order valence-corrected chi connectivity index (χ4v) is 3.77. The number of rotatable bonds is 6. The molecule has 4 heteroatoms. The number of nitrogens with one attached hydrogen (secondary N) is 1. The van der Waals surface area contributed by atoms with E-state index in [1.54, 1.807) is 0 Å². The predicted molar refractivity (Wildman–Crippen MR) is 91.3 cm³/mol. The van der Waals surface area contributed by atoms with Crippen molar-refractivity contribution in [1.82, 2.24) is 10.2 Å². The first-order valence-electron chi connectivity index (χ1n) is 8.86. The second kappa shape index (κ2) is 7.45. The molecule has 1 aliphatic heterocycles. The molecule has 3 rings (SSSR count). The number of hydrogen-bond donors (Lipinski definition) is 1. The van der Waals surface area contributed by atoms with Gasteiger partial charge in [-0.25, -0.2) is 0 Å². The van der Waals surface area contributed by atoms with E-state index < -0.39 is 0 Å². The molecule has 0 spiro atoms. The van der Waals surface area contributed by atoms with Gasteiger partial charge in [0.1, 0.15) is 6.04 Å². The molecular weight excluding hydrogens is 288 g/mol. The van der Waals surface area contributed by atoms with Gasteiger partial charge in [-0.3, -0.25) is 9.69 Å². The minimum absolute atomic E-state index is 0.123. The molecule has 1 unspecified atom stereocenters. The Hall–Kier alpha value is -1.39. The number of carbonyl (C=O) groups is 1. The second-order valence-electron chi connectivity index (χ2n) is 6.95. The van der Waals surface area contributed by atoms with Crippen LogP contribution in [-0.4, -0.2) is 49.7 Å². The van der Waals surface area contributed by atoms with Gasteiger partial charge in [0, 0.05) is 13.1 Å². The van der Waals surface area contributed by atoms with Gasteiger partial charge in [0.15, 0.2) is 0 Å². The van der Waals surface area contributed by atoms with Gasteiger partial charge in [0.05, 0.1) is 13.2 Å². The minimum Gasteiger partial charge on any atom is -0.378 e. The average Bonchev–Trinajstić information content (AvgIpc) is 2.57. The van der Waals surface area contributed by atoms with Crippen molar-refractivity contribution < 1.29 is 9.53 Å². The maximum atomic E-state index is 12.6. The van der Waals surface area contributed by atoms with Crippen LogP contribution in [0.4, 0.5) is 0 Å². The highest BCUT2D eigenvalue weighted by molar-refractivity contribution is 5.82. The van der Waals surface area contributed by atoms with E-state index in [1.807, 2.05) is 0 Å². The van der Waals surface area contributed by atoms with Gasteiger partial charge in [-0.05, 0) is 36.8 Å². The van der Waals surface area contributed by atoms with Crippen molar-refractivity contribution in [2.45, 2.75) is 38.6 Å². The first-order valence-corrected chi connectivity index (χ1v) is 8.86. The van der Waals surface area contributed by atoms with Crippen LogP contribution in [0.5, 0.6) is 0 Å². The standard InChI is InChI=1S/C19H28N2O2/c1-2-21-11-12-23-14-17(21)18(22)20-15-19(9-6-10-19)13-16-7-4-3-5-8-16/h3-5,7-8,17H,2,6,9-15H2,1H3,(H,20,22). The monoisotopic (exact) mass is 316 g/mol. The fourth-order valence-electron chi connectivity index (χ4n) is 3.77. The second-order valence-corrected chi connectivity index (χ2v) is 6.95. The van der Waals surface area contributed by atoms with Crippen LogP contribution < -0.4 is 5.32 Å². The van der Waals surface area contributed by atoms with Crippen LogP contribution in [0.3, 0.4) is 0 Å². The number of nitrogens with zero attached hydrogens (tertiary/aromatic N) is 1. The molecule has 0 aromatic heterocycles. The third-order valence-electron chi connectivity index (χ3n) is 5.42.